The first-order valence-corrected chi connectivity index (χ1v) is 44.5. The Bertz CT molecular complexity index is 1720. The standard InChI is InChI=1S/C33H64.C26H50.C21H32N2.C8H18.C5H12.2C2H6/c1-5-7-9-11-20-24-28-32(3)30-26-22-18-16-14-13-15-17-19-23-27-31-33(4)29-25-21-12-10-8-6-2;1-5-6-7-8-17-20-23-26(4)24-21-18-15-13-11-9-10-12-14-16-19-22-25(2)3;1-7-9-11-22-17(5)20-13-19(16(3)4)14-21(15-20)18(6)23-12-10-8-2;1-3-5-7-8-6-4-2;1-3-5-4-2;2*1-2/h3-31H2,1-2H3;2,4-24H2,1,3H3;13-15,22-23H,3,5-12H2,1-2,4H3;3-8H2,1-2H3;3-5H2,1-2H3;2*1-2H3. The SMILES string of the molecule is C=C(C)CCCCCCCCCCCCCC(=C)CCCCCCCC.C=C(C)c1cc(C(=C)NCCCC)cc(C(=C)NCCCC)c1.C=C(CCCCCCCC)CCCCCCCCCCCCCC(=C)CCCCCCCC.CC.CC.CCCCC.CCCCCCCC. The van der Waals surface area contributed by atoms with E-state index in [0.717, 1.165) is 59.6 Å². The summed E-state index contributed by atoms with van der Waals surface area (Å²) in [7, 11) is 0. The van der Waals surface area contributed by atoms with E-state index in [-0.39, 0.29) is 0 Å². The van der Waals surface area contributed by atoms with E-state index in [1.165, 1.54) is 395 Å². The largest absolute Gasteiger partial charge is 0.385 e. The van der Waals surface area contributed by atoms with Crippen molar-refractivity contribution in [3.05, 3.63) is 103 Å². The summed E-state index contributed by atoms with van der Waals surface area (Å²) < 4.78 is 0. The molecule has 0 aliphatic rings. The molecule has 0 aromatic heterocycles. The Balaban J connectivity index is -0.000000295. The van der Waals surface area contributed by atoms with Crippen LogP contribution in [0.2, 0.25) is 0 Å². The Kier molecular flexibility index (Phi) is 103. The van der Waals surface area contributed by atoms with Crippen molar-refractivity contribution in [3.8, 4) is 0 Å². The average molecular weight is 1380 g/mol. The van der Waals surface area contributed by atoms with E-state index in [0.29, 0.717) is 0 Å². The zero-order valence-corrected chi connectivity index (χ0v) is 71.5. The van der Waals surface area contributed by atoms with Crippen LogP contribution >= 0.6 is 0 Å². The van der Waals surface area contributed by atoms with Crippen molar-refractivity contribution in [1.82, 2.24) is 10.6 Å². The maximum absolute atomic E-state index is 4.31. The fourth-order valence-electron chi connectivity index (χ4n) is 12.0. The van der Waals surface area contributed by atoms with Crippen LogP contribution < -0.4 is 10.6 Å². The Labute approximate surface area is 629 Å². The van der Waals surface area contributed by atoms with Crippen LogP contribution in [0.4, 0.5) is 0 Å². The fourth-order valence-corrected chi connectivity index (χ4v) is 12.0. The number of nitrogens with one attached hydrogen (secondary N) is 2. The second-order valence-electron chi connectivity index (χ2n) is 29.4. The lowest BCUT2D eigenvalue weighted by atomic mass is 9.98. The Morgan fingerprint density at radius 1 is 0.222 bits per heavy atom. The summed E-state index contributed by atoms with van der Waals surface area (Å²) in [5.41, 5.74) is 12.2. The lowest BCUT2D eigenvalue weighted by Crippen LogP contribution is -2.15. The van der Waals surface area contributed by atoms with Gasteiger partial charge in [-0.2, -0.15) is 0 Å². The molecule has 0 amide bonds. The van der Waals surface area contributed by atoms with Gasteiger partial charge in [-0.15, -0.1) is 6.58 Å². The molecule has 2 N–H and O–H groups in total. The molecule has 0 heterocycles. The summed E-state index contributed by atoms with van der Waals surface area (Å²) in [6.07, 6.45) is 82.6. The minimum absolute atomic E-state index is 0.956. The van der Waals surface area contributed by atoms with E-state index in [1.54, 1.807) is 0 Å². The van der Waals surface area contributed by atoms with E-state index >= 15 is 0 Å². The average Bonchev–Trinajstić information content (AvgIpc) is 0.836. The van der Waals surface area contributed by atoms with Crippen LogP contribution in [0.25, 0.3) is 17.0 Å². The molecule has 0 saturated carbocycles. The summed E-state index contributed by atoms with van der Waals surface area (Å²) in [5.74, 6) is 0. The summed E-state index contributed by atoms with van der Waals surface area (Å²) in [4.78, 5) is 0. The number of unbranched alkanes of at least 4 members (excludes halogenated alkanes) is 44. The molecule has 0 fully saturated rings. The van der Waals surface area contributed by atoms with Crippen molar-refractivity contribution >= 4 is 17.0 Å². The van der Waals surface area contributed by atoms with Gasteiger partial charge >= 0.3 is 0 Å². The molecule has 0 unspecified atom stereocenters. The van der Waals surface area contributed by atoms with Gasteiger partial charge in [0.15, 0.2) is 0 Å². The quantitative estimate of drug-likeness (QED) is 0.0502. The molecule has 0 atom stereocenters. The van der Waals surface area contributed by atoms with E-state index in [2.05, 4.69) is 144 Å². The van der Waals surface area contributed by atoms with Crippen molar-refractivity contribution in [2.45, 2.75) is 489 Å². The predicted octanol–water partition coefficient (Wildman–Crippen LogP) is 35.7. The Morgan fingerprint density at radius 2 is 0.394 bits per heavy atom. The Morgan fingerprint density at radius 3 is 0.566 bits per heavy atom. The third-order valence-electron chi connectivity index (χ3n) is 18.9. The van der Waals surface area contributed by atoms with Crippen LogP contribution in [0.5, 0.6) is 0 Å². The normalized spacial score (nSPS) is 10.3. The molecule has 0 bridgehead atoms. The van der Waals surface area contributed by atoms with Crippen LogP contribution in [0.15, 0.2) is 86.5 Å². The van der Waals surface area contributed by atoms with Crippen LogP contribution in [0, 0.1) is 0 Å². The van der Waals surface area contributed by atoms with Gasteiger partial charge in [0, 0.05) is 24.5 Å². The van der Waals surface area contributed by atoms with Gasteiger partial charge < -0.3 is 10.6 Å². The van der Waals surface area contributed by atoms with Gasteiger partial charge in [-0.3, -0.25) is 0 Å². The van der Waals surface area contributed by atoms with Crippen molar-refractivity contribution in [3.63, 3.8) is 0 Å². The van der Waals surface area contributed by atoms with E-state index in [4.69, 9.17) is 0 Å². The first-order chi connectivity index (χ1) is 48.2. The number of allylic oxidation sites excluding steroid dienone is 5. The highest BCUT2D eigenvalue weighted by Crippen LogP contribution is 2.25. The van der Waals surface area contributed by atoms with Crippen molar-refractivity contribution in [2.24, 2.45) is 0 Å². The number of benzene rings is 1. The van der Waals surface area contributed by atoms with E-state index in [1.807, 2.05) is 34.6 Å². The molecule has 1 aromatic rings. The molecule has 0 saturated heterocycles. The van der Waals surface area contributed by atoms with Crippen LogP contribution in [0.3, 0.4) is 0 Å². The van der Waals surface area contributed by atoms with Crippen LogP contribution in [-0.2, 0) is 0 Å². The third-order valence-corrected chi connectivity index (χ3v) is 18.9. The molecule has 2 nitrogen and oxygen atoms in total. The summed E-state index contributed by atoms with van der Waals surface area (Å²) >= 11 is 0. The molecule has 0 aliphatic heterocycles. The summed E-state index contributed by atoms with van der Waals surface area (Å²) in [6.45, 7) is 63.6. The Hall–Kier alpha value is -3.00. The predicted molar refractivity (Wildman–Crippen MR) is 468 cm³/mol. The summed E-state index contributed by atoms with van der Waals surface area (Å²) in [6, 6.07) is 6.44. The third kappa shape index (κ3) is 93.0. The molecule has 0 spiro atoms. The highest BCUT2D eigenvalue weighted by Gasteiger charge is 2.08. The van der Waals surface area contributed by atoms with Crippen molar-refractivity contribution < 1.29 is 0 Å². The first-order valence-electron chi connectivity index (χ1n) is 44.5. The maximum Gasteiger partial charge on any atom is 0.0341 e. The molecule has 2 heteroatoms. The minimum Gasteiger partial charge on any atom is -0.385 e. The molecule has 0 aliphatic carbocycles. The van der Waals surface area contributed by atoms with Gasteiger partial charge in [0.05, 0.1) is 0 Å². The molecule has 586 valence electrons. The highest BCUT2D eigenvalue weighted by molar-refractivity contribution is 5.75. The zero-order valence-electron chi connectivity index (χ0n) is 71.5. The van der Waals surface area contributed by atoms with Gasteiger partial charge in [0.1, 0.15) is 0 Å². The van der Waals surface area contributed by atoms with E-state index < -0.39 is 0 Å². The van der Waals surface area contributed by atoms with Gasteiger partial charge in [0.2, 0.25) is 0 Å². The number of rotatable bonds is 67. The molecule has 1 aromatic carbocycles. The second kappa shape index (κ2) is 95.0. The van der Waals surface area contributed by atoms with Gasteiger partial charge in [-0.05, 0) is 151 Å². The number of hydrogen-bond donors (Lipinski definition) is 2. The molecule has 1 rings (SSSR count). The fraction of sp³-hybridized carbons (Fsp3) is 0.794. The highest BCUT2D eigenvalue weighted by atomic mass is 14.9. The van der Waals surface area contributed by atoms with Gasteiger partial charge in [-0.1, -0.05) is 440 Å². The van der Waals surface area contributed by atoms with Gasteiger partial charge in [0.25, 0.3) is 0 Å². The first kappa shape index (κ1) is 107. The molecule has 99 heavy (non-hydrogen) atoms. The van der Waals surface area contributed by atoms with Crippen LogP contribution in [-0.4, -0.2) is 13.1 Å². The lowest BCUT2D eigenvalue weighted by Gasteiger charge is -2.16. The molecule has 0 radical (unpaired) electrons. The van der Waals surface area contributed by atoms with E-state index in [9.17, 15) is 0 Å². The zero-order chi connectivity index (χ0) is 75.1. The minimum atomic E-state index is 0.956. The van der Waals surface area contributed by atoms with Crippen LogP contribution in [0.1, 0.15) is 506 Å². The monoisotopic (exact) mass is 1380 g/mol. The molecular formula is C97H188N2. The molecular weight excluding hydrogens is 1190 g/mol. The second-order valence-corrected chi connectivity index (χ2v) is 29.4. The maximum atomic E-state index is 4.31. The smallest absolute Gasteiger partial charge is 0.0341 e. The van der Waals surface area contributed by atoms with Crippen molar-refractivity contribution in [2.75, 3.05) is 13.1 Å². The topological polar surface area (TPSA) is 24.1 Å². The lowest BCUT2D eigenvalue weighted by molar-refractivity contribution is 0.541. The van der Waals surface area contributed by atoms with Crippen molar-refractivity contribution in [1.29, 1.82) is 0 Å². The number of hydrogen-bond acceptors (Lipinski definition) is 2. The summed E-state index contributed by atoms with van der Waals surface area (Å²) in [5, 5.41) is 6.82. The van der Waals surface area contributed by atoms with Gasteiger partial charge in [-0.25, -0.2) is 0 Å².